The van der Waals surface area contributed by atoms with Gasteiger partial charge in [-0.15, -0.1) is 11.8 Å². The number of carbonyl (C=O) groups excluding carboxylic acids is 2. The highest BCUT2D eigenvalue weighted by Crippen LogP contribution is 2.22. The van der Waals surface area contributed by atoms with Crippen molar-refractivity contribution in [2.24, 2.45) is 0 Å². The van der Waals surface area contributed by atoms with Crippen LogP contribution in [-0.4, -0.2) is 79.0 Å². The average molecular weight is 402 g/mol. The molecule has 144 valence electrons. The van der Waals surface area contributed by atoms with E-state index in [4.69, 9.17) is 0 Å². The zero-order valence-electron chi connectivity index (χ0n) is 14.7. The molecular formula is C16H23N3O5S2. The summed E-state index contributed by atoms with van der Waals surface area (Å²) < 4.78 is 25.9. The Morgan fingerprint density at radius 2 is 2.04 bits per heavy atom. The second-order valence-corrected chi connectivity index (χ2v) is 8.99. The van der Waals surface area contributed by atoms with Gasteiger partial charge in [0.05, 0.1) is 23.3 Å². The first-order valence-corrected chi connectivity index (χ1v) is 10.6. The topological polar surface area (TPSA) is 107 Å². The Morgan fingerprint density at radius 3 is 2.65 bits per heavy atom. The lowest BCUT2D eigenvalue weighted by Gasteiger charge is -2.25. The number of aliphatic hydroxyl groups excluding tert-OH is 1. The van der Waals surface area contributed by atoms with Gasteiger partial charge in [-0.2, -0.15) is 4.31 Å². The molecule has 1 aromatic carbocycles. The van der Waals surface area contributed by atoms with Crippen molar-refractivity contribution in [2.45, 2.75) is 23.5 Å². The molecule has 0 radical (unpaired) electrons. The monoisotopic (exact) mass is 401 g/mol. The number of rotatable bonds is 7. The maximum Gasteiger partial charge on any atom is 0.243 e. The number of nitrogens with zero attached hydrogens (tertiary/aromatic N) is 2. The van der Waals surface area contributed by atoms with E-state index in [2.05, 4.69) is 5.32 Å². The van der Waals surface area contributed by atoms with E-state index in [9.17, 15) is 23.1 Å². The van der Waals surface area contributed by atoms with Crippen LogP contribution in [0, 0.1) is 0 Å². The molecule has 1 saturated heterocycles. The number of amides is 2. The molecule has 2 amide bonds. The Hall–Kier alpha value is -1.62. The molecule has 1 unspecified atom stereocenters. The van der Waals surface area contributed by atoms with E-state index in [-0.39, 0.29) is 29.7 Å². The van der Waals surface area contributed by atoms with Crippen LogP contribution in [0.2, 0.25) is 0 Å². The lowest BCUT2D eigenvalue weighted by atomic mass is 10.2. The number of hydrogen-bond donors (Lipinski definition) is 2. The normalized spacial score (nSPS) is 18.8. The second kappa shape index (κ2) is 8.85. The van der Waals surface area contributed by atoms with Crippen LogP contribution in [0.4, 0.5) is 0 Å². The van der Waals surface area contributed by atoms with Gasteiger partial charge in [0.1, 0.15) is 6.04 Å². The van der Waals surface area contributed by atoms with E-state index in [1.165, 1.54) is 42.9 Å². The molecule has 0 aromatic heterocycles. The van der Waals surface area contributed by atoms with E-state index in [0.29, 0.717) is 11.6 Å². The summed E-state index contributed by atoms with van der Waals surface area (Å²) in [5.41, 5.74) is 0. The minimum absolute atomic E-state index is 0.122. The summed E-state index contributed by atoms with van der Waals surface area (Å²) in [5.74, 6) is 0.259. The van der Waals surface area contributed by atoms with Crippen molar-refractivity contribution in [1.82, 2.24) is 14.5 Å². The minimum Gasteiger partial charge on any atom is -0.391 e. The lowest BCUT2D eigenvalue weighted by molar-refractivity contribution is -0.139. The highest BCUT2D eigenvalue weighted by Gasteiger charge is 2.35. The van der Waals surface area contributed by atoms with E-state index in [1.807, 2.05) is 0 Å². The number of benzene rings is 1. The molecular weight excluding hydrogens is 378 g/mol. The van der Waals surface area contributed by atoms with Crippen molar-refractivity contribution in [3.63, 3.8) is 0 Å². The fourth-order valence-corrected chi connectivity index (χ4v) is 5.03. The SMILES string of the molecule is CNC(=O)[C@@H]1CSCN1C(=O)CC(O)CN(C)S(=O)(=O)c1ccccc1. The molecule has 1 aliphatic heterocycles. The Labute approximate surface area is 157 Å². The van der Waals surface area contributed by atoms with Gasteiger partial charge in [-0.3, -0.25) is 9.59 Å². The molecule has 0 saturated carbocycles. The molecule has 1 heterocycles. The smallest absolute Gasteiger partial charge is 0.243 e. The number of aliphatic hydroxyl groups is 1. The molecule has 8 nitrogen and oxygen atoms in total. The molecule has 2 rings (SSSR count). The maximum atomic E-state index is 12.5. The van der Waals surface area contributed by atoms with Gasteiger partial charge in [-0.25, -0.2) is 8.42 Å². The van der Waals surface area contributed by atoms with Crippen molar-refractivity contribution >= 4 is 33.6 Å². The summed E-state index contributed by atoms with van der Waals surface area (Å²) in [6.45, 7) is -0.214. The predicted molar refractivity (Wildman–Crippen MR) is 98.9 cm³/mol. The summed E-state index contributed by atoms with van der Waals surface area (Å²) in [6, 6.07) is 7.33. The summed E-state index contributed by atoms with van der Waals surface area (Å²) in [6.07, 6.45) is -1.41. The molecule has 1 fully saturated rings. The first-order valence-electron chi connectivity index (χ1n) is 8.05. The van der Waals surface area contributed by atoms with Gasteiger partial charge >= 0.3 is 0 Å². The van der Waals surface area contributed by atoms with Crippen molar-refractivity contribution < 1.29 is 23.1 Å². The average Bonchev–Trinajstić information content (AvgIpc) is 3.11. The summed E-state index contributed by atoms with van der Waals surface area (Å²) >= 11 is 1.46. The van der Waals surface area contributed by atoms with Gasteiger partial charge < -0.3 is 15.3 Å². The molecule has 2 atom stereocenters. The van der Waals surface area contributed by atoms with E-state index in [1.54, 1.807) is 18.2 Å². The van der Waals surface area contributed by atoms with Gasteiger partial charge in [0, 0.05) is 26.4 Å². The number of sulfonamides is 1. The zero-order valence-corrected chi connectivity index (χ0v) is 16.3. The van der Waals surface area contributed by atoms with Crippen molar-refractivity contribution in [2.75, 3.05) is 32.3 Å². The third-order valence-electron chi connectivity index (χ3n) is 4.08. The Balaban J connectivity index is 1.96. The fraction of sp³-hybridized carbons (Fsp3) is 0.500. The minimum atomic E-state index is -3.74. The third-order valence-corrected chi connectivity index (χ3v) is 6.93. The van der Waals surface area contributed by atoms with Crippen LogP contribution in [0.1, 0.15) is 6.42 Å². The Kier molecular flexibility index (Phi) is 7.04. The summed E-state index contributed by atoms with van der Waals surface area (Å²) in [4.78, 5) is 25.7. The second-order valence-electron chi connectivity index (χ2n) is 5.95. The fourth-order valence-electron chi connectivity index (χ4n) is 2.62. The van der Waals surface area contributed by atoms with Crippen molar-refractivity contribution in [3.05, 3.63) is 30.3 Å². The number of hydrogen-bond acceptors (Lipinski definition) is 6. The molecule has 1 aromatic rings. The standard InChI is InChI=1S/C16H23N3O5S2/c1-17-16(22)14-10-25-11-19(14)15(21)8-12(20)9-18(2)26(23,24)13-6-4-3-5-7-13/h3-7,12,14,20H,8-11H2,1-2H3,(H,17,22)/t12?,14-/m0/s1. The van der Waals surface area contributed by atoms with Crippen LogP contribution in [0.3, 0.4) is 0 Å². The van der Waals surface area contributed by atoms with Crippen molar-refractivity contribution in [1.29, 1.82) is 0 Å². The molecule has 26 heavy (non-hydrogen) atoms. The number of thioether (sulfide) groups is 1. The van der Waals surface area contributed by atoms with Crippen LogP contribution >= 0.6 is 11.8 Å². The van der Waals surface area contributed by atoms with Gasteiger partial charge in [0.15, 0.2) is 0 Å². The molecule has 0 aliphatic carbocycles. The third kappa shape index (κ3) is 4.76. The number of carbonyl (C=O) groups is 2. The molecule has 0 bridgehead atoms. The molecule has 0 spiro atoms. The highest BCUT2D eigenvalue weighted by molar-refractivity contribution is 7.99. The Morgan fingerprint density at radius 1 is 1.38 bits per heavy atom. The van der Waals surface area contributed by atoms with Gasteiger partial charge in [0.25, 0.3) is 0 Å². The van der Waals surface area contributed by atoms with E-state index in [0.717, 1.165) is 4.31 Å². The van der Waals surface area contributed by atoms with Crippen LogP contribution in [0.5, 0.6) is 0 Å². The zero-order chi connectivity index (χ0) is 19.3. The van der Waals surface area contributed by atoms with E-state index < -0.39 is 22.2 Å². The van der Waals surface area contributed by atoms with Gasteiger partial charge in [-0.05, 0) is 12.1 Å². The quantitative estimate of drug-likeness (QED) is 0.650. The molecule has 1 aliphatic rings. The van der Waals surface area contributed by atoms with Crippen molar-refractivity contribution in [3.8, 4) is 0 Å². The molecule has 10 heteroatoms. The van der Waals surface area contributed by atoms with Crippen LogP contribution in [0.15, 0.2) is 35.2 Å². The Bertz CT molecular complexity index is 742. The maximum absolute atomic E-state index is 12.5. The summed E-state index contributed by atoms with van der Waals surface area (Å²) in [7, 11) is -0.874. The first kappa shape index (κ1) is 20.7. The van der Waals surface area contributed by atoms with Gasteiger partial charge in [0.2, 0.25) is 21.8 Å². The van der Waals surface area contributed by atoms with E-state index >= 15 is 0 Å². The largest absolute Gasteiger partial charge is 0.391 e. The van der Waals surface area contributed by atoms with Crippen LogP contribution in [0.25, 0.3) is 0 Å². The number of likely N-dealkylation sites (N-methyl/N-ethyl adjacent to an activating group) is 2. The molecule has 2 N–H and O–H groups in total. The van der Waals surface area contributed by atoms with Crippen LogP contribution in [-0.2, 0) is 19.6 Å². The lowest BCUT2D eigenvalue weighted by Crippen LogP contribution is -2.47. The first-order chi connectivity index (χ1) is 12.3. The highest BCUT2D eigenvalue weighted by atomic mass is 32.2. The number of nitrogens with one attached hydrogen (secondary N) is 1. The van der Waals surface area contributed by atoms with Crippen LogP contribution < -0.4 is 5.32 Å². The summed E-state index contributed by atoms with van der Waals surface area (Å²) in [5, 5.41) is 12.7. The van der Waals surface area contributed by atoms with Gasteiger partial charge in [-0.1, -0.05) is 18.2 Å². The predicted octanol–water partition coefficient (Wildman–Crippen LogP) is -0.294.